The first-order valence-electron chi connectivity index (χ1n) is 9.32. The average molecular weight is 373 g/mol. The summed E-state index contributed by atoms with van der Waals surface area (Å²) in [6.07, 6.45) is 0.367. The van der Waals surface area contributed by atoms with Crippen molar-refractivity contribution in [3.05, 3.63) is 29.8 Å². The summed E-state index contributed by atoms with van der Waals surface area (Å²) in [6, 6.07) is 7.39. The van der Waals surface area contributed by atoms with Crippen molar-refractivity contribution in [2.75, 3.05) is 32.6 Å². The molecule has 146 valence electrons. The smallest absolute Gasteiger partial charge is 0.327 e. The molecule has 7 nitrogen and oxygen atoms in total. The van der Waals surface area contributed by atoms with Crippen molar-refractivity contribution in [3.63, 3.8) is 0 Å². The van der Waals surface area contributed by atoms with Crippen LogP contribution in [0.15, 0.2) is 24.3 Å². The molecule has 0 unspecified atom stereocenters. The van der Waals surface area contributed by atoms with Crippen LogP contribution in [0.2, 0.25) is 0 Å². The van der Waals surface area contributed by atoms with E-state index in [0.29, 0.717) is 6.42 Å². The average Bonchev–Trinajstić information content (AvgIpc) is 3.12. The van der Waals surface area contributed by atoms with Crippen molar-refractivity contribution in [2.45, 2.75) is 31.8 Å². The largest absolute Gasteiger partial charge is 0.465 e. The molecule has 0 bridgehead atoms. The van der Waals surface area contributed by atoms with E-state index in [1.807, 2.05) is 50.2 Å². The fraction of sp³-hybridized carbons (Fsp3) is 0.550. The number of nitrogens with one attached hydrogen (secondary N) is 1. The van der Waals surface area contributed by atoms with Gasteiger partial charge in [0.05, 0.1) is 18.4 Å². The number of hydrogen-bond donors (Lipinski definition) is 1. The lowest BCUT2D eigenvalue weighted by Gasteiger charge is -2.31. The van der Waals surface area contributed by atoms with Crippen LogP contribution in [0.3, 0.4) is 0 Å². The number of amides is 2. The molecule has 0 aromatic heterocycles. The second-order valence-corrected chi connectivity index (χ2v) is 7.39. The van der Waals surface area contributed by atoms with Gasteiger partial charge in [-0.15, -0.1) is 0 Å². The Morgan fingerprint density at radius 3 is 2.33 bits per heavy atom. The summed E-state index contributed by atoms with van der Waals surface area (Å²) in [5, 5.41) is 3.33. The van der Waals surface area contributed by atoms with Crippen molar-refractivity contribution < 1.29 is 19.1 Å². The van der Waals surface area contributed by atoms with Gasteiger partial charge in [0.1, 0.15) is 5.54 Å². The van der Waals surface area contributed by atoms with Crippen molar-refractivity contribution in [2.24, 2.45) is 11.8 Å². The first-order valence-corrected chi connectivity index (χ1v) is 9.32. The molecule has 2 heterocycles. The predicted octanol–water partition coefficient (Wildman–Crippen LogP) is 1.34. The Morgan fingerprint density at radius 2 is 1.81 bits per heavy atom. The van der Waals surface area contributed by atoms with E-state index < -0.39 is 29.4 Å². The lowest BCUT2D eigenvalue weighted by molar-refractivity contribution is -0.156. The van der Waals surface area contributed by atoms with Crippen LogP contribution in [-0.2, 0) is 19.1 Å². The molecule has 0 aliphatic carbocycles. The topological polar surface area (TPSA) is 79.0 Å². The second kappa shape index (κ2) is 6.96. The van der Waals surface area contributed by atoms with Gasteiger partial charge in [-0.1, -0.05) is 19.1 Å². The lowest BCUT2D eigenvalue weighted by Crippen LogP contribution is -2.55. The lowest BCUT2D eigenvalue weighted by atomic mass is 9.78. The molecule has 0 saturated carbocycles. The monoisotopic (exact) mass is 373 g/mol. The number of carbonyl (C=O) groups is 3. The zero-order valence-electron chi connectivity index (χ0n) is 16.5. The quantitative estimate of drug-likeness (QED) is 0.620. The van der Waals surface area contributed by atoms with E-state index in [2.05, 4.69) is 5.32 Å². The summed E-state index contributed by atoms with van der Waals surface area (Å²) in [7, 11) is 5.40. The number of hydrogen-bond acceptors (Lipinski definition) is 6. The summed E-state index contributed by atoms with van der Waals surface area (Å²) < 4.78 is 5.29. The molecule has 2 aliphatic rings. The Bertz CT molecular complexity index is 761. The molecular weight excluding hydrogens is 346 g/mol. The molecule has 1 aromatic carbocycles. The third-order valence-corrected chi connectivity index (χ3v) is 5.84. The number of ether oxygens (including phenoxy) is 1. The normalized spacial score (nSPS) is 29.8. The number of nitrogens with zero attached hydrogens (tertiary/aromatic N) is 2. The van der Waals surface area contributed by atoms with Gasteiger partial charge in [-0.3, -0.25) is 24.6 Å². The molecule has 2 amide bonds. The van der Waals surface area contributed by atoms with Crippen molar-refractivity contribution in [1.82, 2.24) is 10.2 Å². The van der Waals surface area contributed by atoms with Crippen LogP contribution in [0.5, 0.6) is 0 Å². The minimum Gasteiger partial charge on any atom is -0.465 e. The molecule has 1 aromatic rings. The van der Waals surface area contributed by atoms with Crippen molar-refractivity contribution >= 4 is 23.5 Å². The Morgan fingerprint density at radius 1 is 1.19 bits per heavy atom. The van der Waals surface area contributed by atoms with Crippen LogP contribution in [0.4, 0.5) is 5.69 Å². The van der Waals surface area contributed by atoms with Gasteiger partial charge in [0.15, 0.2) is 0 Å². The van der Waals surface area contributed by atoms with E-state index in [1.54, 1.807) is 6.92 Å². The van der Waals surface area contributed by atoms with E-state index in [0.717, 1.165) is 16.2 Å². The van der Waals surface area contributed by atoms with Gasteiger partial charge in [-0.05, 0) is 31.0 Å². The number of anilines is 1. The first-order chi connectivity index (χ1) is 12.8. The van der Waals surface area contributed by atoms with Gasteiger partial charge >= 0.3 is 5.97 Å². The third kappa shape index (κ3) is 2.81. The van der Waals surface area contributed by atoms with Crippen LogP contribution >= 0.6 is 0 Å². The summed E-state index contributed by atoms with van der Waals surface area (Å²) in [4.78, 5) is 41.7. The maximum atomic E-state index is 12.9. The number of imide groups is 1. The fourth-order valence-corrected chi connectivity index (χ4v) is 4.33. The third-order valence-electron chi connectivity index (χ3n) is 5.84. The zero-order valence-corrected chi connectivity index (χ0v) is 16.5. The standard InChI is InChI=1S/C20H27N3O4/c1-6-20(19(26)27-7-2)15-14(17(24)23(5)18(15)25)16(21-20)12-8-10-13(11-9-12)22(3)4/h8-11,14-16,21H,6-7H2,1-5H3/t14-,15+,16-,20-/m1/s1. The van der Waals surface area contributed by atoms with Crippen LogP contribution in [-0.4, -0.2) is 56.0 Å². The Kier molecular flexibility index (Phi) is 4.99. The minimum absolute atomic E-state index is 0.222. The number of rotatable bonds is 5. The maximum absolute atomic E-state index is 12.9. The maximum Gasteiger partial charge on any atom is 0.327 e. The summed E-state index contributed by atoms with van der Waals surface area (Å²) in [5.41, 5.74) is 0.723. The number of carbonyl (C=O) groups excluding carboxylic acids is 3. The van der Waals surface area contributed by atoms with Crippen molar-refractivity contribution in [3.8, 4) is 0 Å². The Balaban J connectivity index is 2.06. The highest BCUT2D eigenvalue weighted by Gasteiger charge is 2.67. The highest BCUT2D eigenvalue weighted by Crippen LogP contribution is 2.50. The molecule has 0 spiro atoms. The SMILES string of the molecule is CCOC(=O)[C@]1(CC)N[C@H](c2ccc(N(C)C)cc2)[C@@H]2C(=O)N(C)C(=O)[C@H]21. The van der Waals surface area contributed by atoms with E-state index in [1.165, 1.54) is 7.05 Å². The number of benzene rings is 1. The second-order valence-electron chi connectivity index (χ2n) is 7.39. The van der Waals surface area contributed by atoms with Crippen LogP contribution in [0.1, 0.15) is 31.9 Å². The molecular formula is C20H27N3O4. The van der Waals surface area contributed by atoms with Gasteiger partial charge in [0, 0.05) is 32.9 Å². The van der Waals surface area contributed by atoms with Crippen LogP contribution < -0.4 is 10.2 Å². The summed E-state index contributed by atoms with van der Waals surface area (Å²) >= 11 is 0. The molecule has 0 radical (unpaired) electrons. The molecule has 4 atom stereocenters. The predicted molar refractivity (Wildman–Crippen MR) is 101 cm³/mol. The Labute approximate surface area is 159 Å². The highest BCUT2D eigenvalue weighted by atomic mass is 16.5. The molecule has 2 aliphatic heterocycles. The van der Waals surface area contributed by atoms with Gasteiger partial charge < -0.3 is 9.64 Å². The van der Waals surface area contributed by atoms with E-state index >= 15 is 0 Å². The molecule has 7 heteroatoms. The van der Waals surface area contributed by atoms with E-state index in [9.17, 15) is 14.4 Å². The van der Waals surface area contributed by atoms with Gasteiger partial charge in [-0.25, -0.2) is 0 Å². The molecule has 3 rings (SSSR count). The first kappa shape index (κ1) is 19.4. The van der Waals surface area contributed by atoms with Gasteiger partial charge in [-0.2, -0.15) is 0 Å². The molecule has 2 saturated heterocycles. The minimum atomic E-state index is -1.19. The van der Waals surface area contributed by atoms with Crippen LogP contribution in [0.25, 0.3) is 0 Å². The highest BCUT2D eigenvalue weighted by molar-refractivity contribution is 6.09. The van der Waals surface area contributed by atoms with Crippen molar-refractivity contribution in [1.29, 1.82) is 0 Å². The molecule has 2 fully saturated rings. The molecule has 1 N–H and O–H groups in total. The molecule has 27 heavy (non-hydrogen) atoms. The summed E-state index contributed by atoms with van der Waals surface area (Å²) in [6.45, 7) is 3.80. The summed E-state index contributed by atoms with van der Waals surface area (Å²) in [5.74, 6) is -2.40. The number of fused-ring (bicyclic) bond motifs is 1. The Hall–Kier alpha value is -2.41. The zero-order chi connectivity index (χ0) is 19.9. The fourth-order valence-electron chi connectivity index (χ4n) is 4.33. The number of esters is 1. The van der Waals surface area contributed by atoms with Crippen LogP contribution in [0, 0.1) is 11.8 Å². The van der Waals surface area contributed by atoms with Gasteiger partial charge in [0.2, 0.25) is 11.8 Å². The number of likely N-dealkylation sites (tertiary alicyclic amines) is 1. The van der Waals surface area contributed by atoms with E-state index in [-0.39, 0.29) is 18.4 Å². The van der Waals surface area contributed by atoms with E-state index in [4.69, 9.17) is 4.74 Å². The van der Waals surface area contributed by atoms with Gasteiger partial charge in [0.25, 0.3) is 0 Å².